The molecule has 0 saturated carbocycles. The number of benzene rings is 1. The molecule has 0 aliphatic rings. The van der Waals surface area contributed by atoms with Crippen LogP contribution in [0.5, 0.6) is 0 Å². The standard InChI is InChI=1S/C16H22ClN3O4/c1-4-20(10-15(22)19-16(23)24-5-2)9-14(21)18-13-8-6-7-12(17)11(13)3/h6-8H,4-5,9-10H2,1-3H3,(H,18,21)(H,19,22,23). The van der Waals surface area contributed by atoms with Gasteiger partial charge < -0.3 is 10.1 Å². The molecular formula is C16H22ClN3O4. The van der Waals surface area contributed by atoms with Gasteiger partial charge in [0.25, 0.3) is 0 Å². The molecule has 0 radical (unpaired) electrons. The van der Waals surface area contributed by atoms with Crippen LogP contribution in [0.25, 0.3) is 0 Å². The summed E-state index contributed by atoms with van der Waals surface area (Å²) in [6.07, 6.45) is -0.794. The second-order valence-electron chi connectivity index (χ2n) is 5.03. The summed E-state index contributed by atoms with van der Waals surface area (Å²) < 4.78 is 4.63. The van der Waals surface area contributed by atoms with Crippen LogP contribution in [0.1, 0.15) is 19.4 Å². The number of amides is 3. The number of carbonyl (C=O) groups is 3. The Hall–Kier alpha value is -2.12. The molecule has 3 amide bonds. The Morgan fingerprint density at radius 1 is 1.17 bits per heavy atom. The van der Waals surface area contributed by atoms with Gasteiger partial charge in [0.2, 0.25) is 11.8 Å². The number of nitrogens with one attached hydrogen (secondary N) is 2. The number of imide groups is 1. The fraction of sp³-hybridized carbons (Fsp3) is 0.438. The molecule has 0 aliphatic carbocycles. The van der Waals surface area contributed by atoms with E-state index >= 15 is 0 Å². The number of halogens is 1. The van der Waals surface area contributed by atoms with E-state index < -0.39 is 12.0 Å². The first kappa shape index (κ1) is 19.9. The van der Waals surface area contributed by atoms with Gasteiger partial charge in [-0.2, -0.15) is 0 Å². The normalized spacial score (nSPS) is 10.4. The van der Waals surface area contributed by atoms with E-state index in [1.807, 2.05) is 13.8 Å². The second-order valence-corrected chi connectivity index (χ2v) is 5.44. The zero-order valence-electron chi connectivity index (χ0n) is 14.0. The smallest absolute Gasteiger partial charge is 0.413 e. The van der Waals surface area contributed by atoms with E-state index in [1.54, 1.807) is 30.0 Å². The monoisotopic (exact) mass is 355 g/mol. The molecule has 0 spiro atoms. The van der Waals surface area contributed by atoms with Crippen molar-refractivity contribution in [2.24, 2.45) is 0 Å². The van der Waals surface area contributed by atoms with E-state index in [0.29, 0.717) is 17.3 Å². The molecule has 132 valence electrons. The van der Waals surface area contributed by atoms with Gasteiger partial charge in [-0.3, -0.25) is 19.8 Å². The van der Waals surface area contributed by atoms with Gasteiger partial charge in [-0.05, 0) is 38.1 Å². The van der Waals surface area contributed by atoms with Crippen LogP contribution < -0.4 is 10.6 Å². The van der Waals surface area contributed by atoms with Crippen LogP contribution in [0, 0.1) is 6.92 Å². The molecule has 8 heteroatoms. The Morgan fingerprint density at radius 3 is 2.46 bits per heavy atom. The number of rotatable bonds is 7. The molecule has 0 fully saturated rings. The summed E-state index contributed by atoms with van der Waals surface area (Å²) in [6.45, 7) is 5.84. The lowest BCUT2D eigenvalue weighted by atomic mass is 10.2. The molecule has 0 saturated heterocycles. The molecule has 0 atom stereocenters. The molecule has 2 N–H and O–H groups in total. The third-order valence-corrected chi connectivity index (χ3v) is 3.65. The van der Waals surface area contributed by atoms with E-state index in [4.69, 9.17) is 11.6 Å². The van der Waals surface area contributed by atoms with Crippen LogP contribution in [0.2, 0.25) is 5.02 Å². The summed E-state index contributed by atoms with van der Waals surface area (Å²) >= 11 is 6.01. The van der Waals surface area contributed by atoms with Gasteiger partial charge in [0, 0.05) is 10.7 Å². The molecule has 1 aromatic carbocycles. The Bertz CT molecular complexity index is 607. The minimum atomic E-state index is -0.794. The van der Waals surface area contributed by atoms with Crippen molar-refractivity contribution in [2.75, 3.05) is 31.6 Å². The lowest BCUT2D eigenvalue weighted by molar-refractivity contribution is -0.122. The Balaban J connectivity index is 2.55. The summed E-state index contributed by atoms with van der Waals surface area (Å²) in [5.74, 6) is -0.798. The van der Waals surface area contributed by atoms with Crippen molar-refractivity contribution in [1.29, 1.82) is 0 Å². The van der Waals surface area contributed by atoms with Crippen LogP contribution in [-0.4, -0.2) is 49.0 Å². The molecule has 0 aliphatic heterocycles. The molecule has 0 aromatic heterocycles. The minimum absolute atomic E-state index is 0.0126. The molecule has 1 aromatic rings. The highest BCUT2D eigenvalue weighted by Crippen LogP contribution is 2.22. The predicted molar refractivity (Wildman–Crippen MR) is 92.1 cm³/mol. The van der Waals surface area contributed by atoms with Gasteiger partial charge in [0.05, 0.1) is 19.7 Å². The zero-order chi connectivity index (χ0) is 18.1. The number of alkyl carbamates (subject to hydrolysis) is 1. The van der Waals surface area contributed by atoms with Crippen molar-refractivity contribution >= 4 is 35.2 Å². The van der Waals surface area contributed by atoms with Crippen LogP contribution >= 0.6 is 11.6 Å². The fourth-order valence-corrected chi connectivity index (χ4v) is 2.11. The van der Waals surface area contributed by atoms with E-state index in [0.717, 1.165) is 5.56 Å². The van der Waals surface area contributed by atoms with Crippen molar-refractivity contribution in [3.8, 4) is 0 Å². The van der Waals surface area contributed by atoms with Crippen molar-refractivity contribution in [1.82, 2.24) is 10.2 Å². The molecule has 0 unspecified atom stereocenters. The molecule has 0 bridgehead atoms. The summed E-state index contributed by atoms with van der Waals surface area (Å²) in [5.41, 5.74) is 1.40. The lowest BCUT2D eigenvalue weighted by Gasteiger charge is -2.19. The van der Waals surface area contributed by atoms with Crippen molar-refractivity contribution < 1.29 is 19.1 Å². The third kappa shape index (κ3) is 6.55. The molecule has 1 rings (SSSR count). The molecule has 0 heterocycles. The Labute approximate surface area is 146 Å². The maximum Gasteiger partial charge on any atom is 0.413 e. The quantitative estimate of drug-likeness (QED) is 0.782. The average molecular weight is 356 g/mol. The van der Waals surface area contributed by atoms with E-state index in [-0.39, 0.29) is 25.6 Å². The van der Waals surface area contributed by atoms with Gasteiger partial charge in [-0.1, -0.05) is 24.6 Å². The first-order valence-electron chi connectivity index (χ1n) is 7.61. The summed E-state index contributed by atoms with van der Waals surface area (Å²) in [6, 6.07) is 5.24. The van der Waals surface area contributed by atoms with Gasteiger partial charge in [-0.25, -0.2) is 4.79 Å². The van der Waals surface area contributed by atoms with Crippen LogP contribution in [0.3, 0.4) is 0 Å². The number of hydrogen-bond acceptors (Lipinski definition) is 5. The SMILES string of the molecule is CCOC(=O)NC(=O)CN(CC)CC(=O)Nc1cccc(Cl)c1C. The summed E-state index contributed by atoms with van der Waals surface area (Å²) in [5, 5.41) is 5.42. The van der Waals surface area contributed by atoms with Crippen molar-refractivity contribution in [2.45, 2.75) is 20.8 Å². The number of hydrogen-bond donors (Lipinski definition) is 2. The third-order valence-electron chi connectivity index (χ3n) is 3.24. The maximum absolute atomic E-state index is 12.1. The highest BCUT2D eigenvalue weighted by Gasteiger charge is 2.16. The average Bonchev–Trinajstić information content (AvgIpc) is 2.51. The molecular weight excluding hydrogens is 334 g/mol. The van der Waals surface area contributed by atoms with Crippen molar-refractivity contribution in [3.05, 3.63) is 28.8 Å². The number of anilines is 1. The van der Waals surface area contributed by atoms with Gasteiger partial charge in [-0.15, -0.1) is 0 Å². The zero-order valence-corrected chi connectivity index (χ0v) is 14.8. The predicted octanol–water partition coefficient (Wildman–Crippen LogP) is 2.18. The lowest BCUT2D eigenvalue weighted by Crippen LogP contribution is -2.43. The van der Waals surface area contributed by atoms with Gasteiger partial charge in [0.15, 0.2) is 0 Å². The Kier molecular flexibility index (Phi) is 8.21. The maximum atomic E-state index is 12.1. The number of carbonyl (C=O) groups excluding carboxylic acids is 3. The van der Waals surface area contributed by atoms with Crippen LogP contribution in [0.15, 0.2) is 18.2 Å². The molecule has 7 nitrogen and oxygen atoms in total. The molecule has 24 heavy (non-hydrogen) atoms. The van der Waals surface area contributed by atoms with E-state index in [1.165, 1.54) is 0 Å². The van der Waals surface area contributed by atoms with Crippen molar-refractivity contribution in [3.63, 3.8) is 0 Å². The minimum Gasteiger partial charge on any atom is -0.450 e. The number of ether oxygens (including phenoxy) is 1. The van der Waals surface area contributed by atoms with Crippen LogP contribution in [0.4, 0.5) is 10.5 Å². The van der Waals surface area contributed by atoms with Gasteiger partial charge >= 0.3 is 6.09 Å². The van der Waals surface area contributed by atoms with E-state index in [2.05, 4.69) is 15.4 Å². The first-order chi connectivity index (χ1) is 11.4. The van der Waals surface area contributed by atoms with E-state index in [9.17, 15) is 14.4 Å². The summed E-state index contributed by atoms with van der Waals surface area (Å²) in [7, 11) is 0. The largest absolute Gasteiger partial charge is 0.450 e. The second kappa shape index (κ2) is 9.89. The highest BCUT2D eigenvalue weighted by atomic mass is 35.5. The fourth-order valence-electron chi connectivity index (χ4n) is 1.94. The number of likely N-dealkylation sites (N-methyl/N-ethyl adjacent to an activating group) is 1. The topological polar surface area (TPSA) is 87.7 Å². The van der Waals surface area contributed by atoms with Gasteiger partial charge in [0.1, 0.15) is 0 Å². The van der Waals surface area contributed by atoms with Crippen LogP contribution in [-0.2, 0) is 14.3 Å². The highest BCUT2D eigenvalue weighted by molar-refractivity contribution is 6.31. The summed E-state index contributed by atoms with van der Waals surface area (Å²) in [4.78, 5) is 36.7. The first-order valence-corrected chi connectivity index (χ1v) is 7.99. The Morgan fingerprint density at radius 2 is 1.83 bits per heavy atom. The number of nitrogens with zero attached hydrogens (tertiary/aromatic N) is 1.